The molecule has 104 valence electrons. The molecule has 0 unspecified atom stereocenters. The highest BCUT2D eigenvalue weighted by atomic mass is 16.5. The Hall–Kier alpha value is -3.00. The number of benzene rings is 1. The van der Waals surface area contributed by atoms with E-state index in [4.69, 9.17) is 15.9 Å². The zero-order chi connectivity index (χ0) is 14.7. The first-order valence-corrected chi connectivity index (χ1v) is 6.37. The zero-order valence-corrected chi connectivity index (χ0v) is 11.5. The summed E-state index contributed by atoms with van der Waals surface area (Å²) in [4.78, 5) is 11.9. The van der Waals surface area contributed by atoms with E-state index in [2.05, 4.69) is 20.9 Å². The molecular formula is C16H13N3O2. The number of ether oxygens (including phenoxy) is 2. The van der Waals surface area contributed by atoms with E-state index >= 15 is 0 Å². The maximum atomic E-state index is 5.50. The highest BCUT2D eigenvalue weighted by Crippen LogP contribution is 2.32. The average Bonchev–Trinajstić information content (AvgIpc) is 2.96. The van der Waals surface area contributed by atoms with E-state index in [0.717, 1.165) is 16.9 Å². The number of hydrogen-bond acceptors (Lipinski definition) is 4. The Labute approximate surface area is 122 Å². The normalized spacial score (nSPS) is 10.3. The molecule has 0 radical (unpaired) electrons. The smallest absolute Gasteiger partial charge is 0.178 e. The van der Waals surface area contributed by atoms with Gasteiger partial charge in [-0.05, 0) is 30.3 Å². The number of methoxy groups -OCH3 is 1. The summed E-state index contributed by atoms with van der Waals surface area (Å²) in [5, 5.41) is 0. The van der Waals surface area contributed by atoms with Gasteiger partial charge in [0.25, 0.3) is 0 Å². The lowest BCUT2D eigenvalue weighted by Crippen LogP contribution is -1.97. The quantitative estimate of drug-likeness (QED) is 0.746. The lowest BCUT2D eigenvalue weighted by Gasteiger charge is -2.09. The highest BCUT2D eigenvalue weighted by molar-refractivity contribution is 5.76. The van der Waals surface area contributed by atoms with E-state index in [-0.39, 0.29) is 6.61 Å². The predicted molar refractivity (Wildman–Crippen MR) is 80.2 cm³/mol. The third-order valence-corrected chi connectivity index (χ3v) is 3.01. The Bertz CT molecular complexity index is 785. The van der Waals surface area contributed by atoms with Crippen molar-refractivity contribution >= 4 is 11.2 Å². The first-order valence-electron chi connectivity index (χ1n) is 6.37. The van der Waals surface area contributed by atoms with Gasteiger partial charge in [0.05, 0.1) is 12.6 Å². The predicted octanol–water partition coefficient (Wildman–Crippen LogP) is 2.65. The molecule has 5 heteroatoms. The van der Waals surface area contributed by atoms with E-state index in [1.807, 2.05) is 30.3 Å². The summed E-state index contributed by atoms with van der Waals surface area (Å²) in [6.45, 7) is 0.182. The van der Waals surface area contributed by atoms with E-state index < -0.39 is 0 Å². The van der Waals surface area contributed by atoms with Gasteiger partial charge in [-0.3, -0.25) is 0 Å². The van der Waals surface area contributed by atoms with Gasteiger partial charge in [-0.25, -0.2) is 9.97 Å². The van der Waals surface area contributed by atoms with Crippen LogP contribution in [0.5, 0.6) is 11.5 Å². The van der Waals surface area contributed by atoms with Gasteiger partial charge in [-0.15, -0.1) is 6.42 Å². The molecule has 3 aromatic rings. The van der Waals surface area contributed by atoms with Crippen LogP contribution >= 0.6 is 0 Å². The molecule has 0 spiro atoms. The Morgan fingerprint density at radius 3 is 2.95 bits per heavy atom. The second kappa shape index (κ2) is 5.55. The van der Waals surface area contributed by atoms with Gasteiger partial charge in [0.1, 0.15) is 12.4 Å². The number of imidazole rings is 1. The van der Waals surface area contributed by atoms with Crippen LogP contribution in [0, 0.1) is 12.3 Å². The van der Waals surface area contributed by atoms with Crippen LogP contribution in [-0.2, 0) is 0 Å². The van der Waals surface area contributed by atoms with Crippen molar-refractivity contribution in [3.8, 4) is 35.2 Å². The van der Waals surface area contributed by atoms with Crippen LogP contribution in [0.1, 0.15) is 0 Å². The SMILES string of the molecule is C#CCOc1cc(-c2nc3ncccc3[nH]2)ccc1OC. The van der Waals surface area contributed by atoms with Gasteiger partial charge in [-0.2, -0.15) is 0 Å². The number of pyridine rings is 1. The molecule has 1 N–H and O–H groups in total. The Balaban J connectivity index is 2.03. The molecule has 0 aliphatic rings. The van der Waals surface area contributed by atoms with Crippen molar-refractivity contribution < 1.29 is 9.47 Å². The summed E-state index contributed by atoms with van der Waals surface area (Å²) < 4.78 is 10.8. The molecule has 0 aliphatic heterocycles. The average molecular weight is 279 g/mol. The van der Waals surface area contributed by atoms with E-state index in [1.54, 1.807) is 13.3 Å². The number of hydrogen-bond donors (Lipinski definition) is 1. The molecule has 0 fully saturated rings. The van der Waals surface area contributed by atoms with Crippen molar-refractivity contribution in [2.75, 3.05) is 13.7 Å². The fraction of sp³-hybridized carbons (Fsp3) is 0.125. The lowest BCUT2D eigenvalue weighted by molar-refractivity contribution is 0.331. The third kappa shape index (κ3) is 2.51. The lowest BCUT2D eigenvalue weighted by atomic mass is 10.2. The van der Waals surface area contributed by atoms with Crippen molar-refractivity contribution in [1.29, 1.82) is 0 Å². The second-order valence-corrected chi connectivity index (χ2v) is 4.32. The molecule has 1 aromatic carbocycles. The Morgan fingerprint density at radius 2 is 2.19 bits per heavy atom. The number of nitrogens with one attached hydrogen (secondary N) is 1. The van der Waals surface area contributed by atoms with Crippen LogP contribution in [-0.4, -0.2) is 28.7 Å². The minimum absolute atomic E-state index is 0.182. The van der Waals surface area contributed by atoms with E-state index in [0.29, 0.717) is 17.1 Å². The molecule has 0 atom stereocenters. The maximum Gasteiger partial charge on any atom is 0.178 e. The Morgan fingerprint density at radius 1 is 1.29 bits per heavy atom. The van der Waals surface area contributed by atoms with Crippen molar-refractivity contribution in [3.63, 3.8) is 0 Å². The standard InChI is InChI=1S/C16H13N3O2/c1-3-9-21-14-10-11(6-7-13(14)20-2)15-18-12-5-4-8-17-16(12)19-15/h1,4-8,10H,9H2,2H3,(H,17,18,19). The Kier molecular flexibility index (Phi) is 3.44. The molecule has 0 saturated carbocycles. The van der Waals surface area contributed by atoms with Crippen LogP contribution in [0.2, 0.25) is 0 Å². The number of terminal acetylenes is 1. The van der Waals surface area contributed by atoms with Crippen LogP contribution in [0.15, 0.2) is 36.5 Å². The van der Waals surface area contributed by atoms with E-state index in [9.17, 15) is 0 Å². The van der Waals surface area contributed by atoms with Crippen LogP contribution < -0.4 is 9.47 Å². The molecule has 0 bridgehead atoms. The number of nitrogens with zero attached hydrogens (tertiary/aromatic N) is 2. The van der Waals surface area contributed by atoms with Crippen molar-refractivity contribution in [2.24, 2.45) is 0 Å². The molecule has 0 aliphatic carbocycles. The topological polar surface area (TPSA) is 60.0 Å². The minimum atomic E-state index is 0.182. The second-order valence-electron chi connectivity index (χ2n) is 4.32. The minimum Gasteiger partial charge on any atom is -0.493 e. The fourth-order valence-electron chi connectivity index (χ4n) is 2.04. The van der Waals surface area contributed by atoms with Gasteiger partial charge >= 0.3 is 0 Å². The van der Waals surface area contributed by atoms with Crippen LogP contribution in [0.25, 0.3) is 22.6 Å². The van der Waals surface area contributed by atoms with E-state index in [1.165, 1.54) is 0 Å². The monoisotopic (exact) mass is 279 g/mol. The molecule has 2 aromatic heterocycles. The first-order chi connectivity index (χ1) is 10.3. The maximum absolute atomic E-state index is 5.50. The number of rotatable bonds is 4. The van der Waals surface area contributed by atoms with Crippen molar-refractivity contribution in [3.05, 3.63) is 36.5 Å². The number of fused-ring (bicyclic) bond motifs is 1. The highest BCUT2D eigenvalue weighted by Gasteiger charge is 2.10. The van der Waals surface area contributed by atoms with Crippen LogP contribution in [0.3, 0.4) is 0 Å². The number of aromatic amines is 1. The van der Waals surface area contributed by atoms with Gasteiger partial charge in [0.2, 0.25) is 0 Å². The summed E-state index contributed by atoms with van der Waals surface area (Å²) in [7, 11) is 1.59. The summed E-state index contributed by atoms with van der Waals surface area (Å²) in [6.07, 6.45) is 6.94. The zero-order valence-electron chi connectivity index (χ0n) is 11.5. The summed E-state index contributed by atoms with van der Waals surface area (Å²) in [5.74, 6) is 4.37. The van der Waals surface area contributed by atoms with Crippen molar-refractivity contribution in [2.45, 2.75) is 0 Å². The van der Waals surface area contributed by atoms with Crippen molar-refractivity contribution in [1.82, 2.24) is 15.0 Å². The van der Waals surface area contributed by atoms with Gasteiger partial charge in [0.15, 0.2) is 17.1 Å². The van der Waals surface area contributed by atoms with Crippen LogP contribution in [0.4, 0.5) is 0 Å². The number of aromatic nitrogens is 3. The fourth-order valence-corrected chi connectivity index (χ4v) is 2.04. The molecule has 0 saturated heterocycles. The first kappa shape index (κ1) is 13.0. The largest absolute Gasteiger partial charge is 0.493 e. The van der Waals surface area contributed by atoms with Gasteiger partial charge < -0.3 is 14.5 Å². The summed E-state index contributed by atoms with van der Waals surface area (Å²) in [6, 6.07) is 9.35. The molecular weight excluding hydrogens is 266 g/mol. The third-order valence-electron chi connectivity index (χ3n) is 3.01. The number of H-pyrrole nitrogens is 1. The molecule has 3 rings (SSSR count). The molecule has 21 heavy (non-hydrogen) atoms. The van der Waals surface area contributed by atoms with Gasteiger partial charge in [0, 0.05) is 11.8 Å². The molecule has 0 amide bonds. The van der Waals surface area contributed by atoms with Gasteiger partial charge in [-0.1, -0.05) is 5.92 Å². The molecule has 5 nitrogen and oxygen atoms in total. The molecule has 2 heterocycles. The summed E-state index contributed by atoms with van der Waals surface area (Å²) in [5.41, 5.74) is 2.43. The summed E-state index contributed by atoms with van der Waals surface area (Å²) >= 11 is 0.